The van der Waals surface area contributed by atoms with Gasteiger partial charge in [-0.15, -0.1) is 0 Å². The number of nitrogens with one attached hydrogen (secondary N) is 2. The first kappa shape index (κ1) is 20.2. The van der Waals surface area contributed by atoms with Crippen LogP contribution >= 0.6 is 0 Å². The van der Waals surface area contributed by atoms with Crippen LogP contribution in [0.5, 0.6) is 0 Å². The normalized spacial score (nSPS) is 14.1. The third-order valence-electron chi connectivity index (χ3n) is 4.72. The number of guanidine groups is 1. The SMILES string of the molecule is CCNC(=NCc1ccc(C)cc1)NCCS(=O)(=O)N1CCc2ccccc21. The average Bonchev–Trinajstić information content (AvgIpc) is 3.12. The van der Waals surface area contributed by atoms with Crippen LogP contribution in [0, 0.1) is 6.92 Å². The highest BCUT2D eigenvalue weighted by Crippen LogP contribution is 2.29. The number of anilines is 1. The summed E-state index contributed by atoms with van der Waals surface area (Å²) in [7, 11) is -3.37. The maximum Gasteiger partial charge on any atom is 0.236 e. The lowest BCUT2D eigenvalue weighted by molar-refractivity contribution is 0.591. The first-order chi connectivity index (χ1) is 13.5. The van der Waals surface area contributed by atoms with Crippen LogP contribution < -0.4 is 14.9 Å². The number of hydrogen-bond acceptors (Lipinski definition) is 3. The highest BCUT2D eigenvalue weighted by molar-refractivity contribution is 7.92. The zero-order chi connectivity index (χ0) is 20.0. The van der Waals surface area contributed by atoms with Crippen LogP contribution in [0.2, 0.25) is 0 Å². The first-order valence-electron chi connectivity index (χ1n) is 9.65. The molecule has 3 rings (SSSR count). The molecule has 2 aromatic carbocycles. The predicted octanol–water partition coefficient (Wildman–Crippen LogP) is 2.44. The van der Waals surface area contributed by atoms with Gasteiger partial charge in [0.05, 0.1) is 18.0 Å². The molecule has 0 aliphatic carbocycles. The zero-order valence-corrected chi connectivity index (χ0v) is 17.3. The lowest BCUT2D eigenvalue weighted by Gasteiger charge is -2.20. The highest BCUT2D eigenvalue weighted by atomic mass is 32.2. The Morgan fingerprint density at radius 2 is 1.86 bits per heavy atom. The molecule has 0 aromatic heterocycles. The number of fused-ring (bicyclic) bond motifs is 1. The fraction of sp³-hybridized carbons (Fsp3) is 0.381. The molecule has 2 aromatic rings. The lowest BCUT2D eigenvalue weighted by atomic mass is 10.1. The Morgan fingerprint density at radius 3 is 2.61 bits per heavy atom. The molecular formula is C21H28N4O2S. The molecule has 1 aliphatic rings. The van der Waals surface area contributed by atoms with Gasteiger partial charge in [0, 0.05) is 19.6 Å². The van der Waals surface area contributed by atoms with E-state index in [4.69, 9.17) is 0 Å². The van der Waals surface area contributed by atoms with Crippen molar-refractivity contribution in [3.8, 4) is 0 Å². The van der Waals surface area contributed by atoms with Crippen molar-refractivity contribution in [2.24, 2.45) is 4.99 Å². The average molecular weight is 401 g/mol. The van der Waals surface area contributed by atoms with Gasteiger partial charge in [-0.3, -0.25) is 4.31 Å². The minimum atomic E-state index is -3.37. The molecule has 6 nitrogen and oxygen atoms in total. The summed E-state index contributed by atoms with van der Waals surface area (Å²) >= 11 is 0. The molecule has 0 atom stereocenters. The van der Waals surface area contributed by atoms with E-state index in [1.807, 2.05) is 31.2 Å². The Balaban J connectivity index is 1.58. The van der Waals surface area contributed by atoms with E-state index >= 15 is 0 Å². The maximum absolute atomic E-state index is 12.8. The van der Waals surface area contributed by atoms with Crippen molar-refractivity contribution in [1.82, 2.24) is 10.6 Å². The van der Waals surface area contributed by atoms with Gasteiger partial charge >= 0.3 is 0 Å². The van der Waals surface area contributed by atoms with E-state index in [-0.39, 0.29) is 5.75 Å². The molecule has 0 saturated heterocycles. The van der Waals surface area contributed by atoms with Crippen molar-refractivity contribution in [2.45, 2.75) is 26.8 Å². The minimum Gasteiger partial charge on any atom is -0.357 e. The number of hydrogen-bond donors (Lipinski definition) is 2. The Hall–Kier alpha value is -2.54. The summed E-state index contributed by atoms with van der Waals surface area (Å²) in [4.78, 5) is 4.55. The molecular weight excluding hydrogens is 372 g/mol. The number of rotatable bonds is 7. The Labute approximate surface area is 167 Å². The second kappa shape index (κ2) is 9.10. The minimum absolute atomic E-state index is 0.0241. The van der Waals surface area contributed by atoms with Gasteiger partial charge in [-0.2, -0.15) is 0 Å². The maximum atomic E-state index is 12.8. The van der Waals surface area contributed by atoms with Crippen LogP contribution in [0.25, 0.3) is 0 Å². The molecule has 2 N–H and O–H groups in total. The second-order valence-electron chi connectivity index (χ2n) is 6.87. The quantitative estimate of drug-likeness (QED) is 0.553. The summed E-state index contributed by atoms with van der Waals surface area (Å²) < 4.78 is 27.1. The third kappa shape index (κ3) is 5.04. The van der Waals surface area contributed by atoms with Crippen LogP contribution in [0.3, 0.4) is 0 Å². The smallest absolute Gasteiger partial charge is 0.236 e. The second-order valence-corrected chi connectivity index (χ2v) is 8.89. The summed E-state index contributed by atoms with van der Waals surface area (Å²) in [5.41, 5.74) is 4.23. The van der Waals surface area contributed by atoms with E-state index < -0.39 is 10.0 Å². The number of nitrogens with zero attached hydrogens (tertiary/aromatic N) is 2. The van der Waals surface area contributed by atoms with Crippen molar-refractivity contribution in [3.05, 3.63) is 65.2 Å². The summed E-state index contributed by atoms with van der Waals surface area (Å²) in [6, 6.07) is 15.9. The van der Waals surface area contributed by atoms with Crippen LogP contribution in [-0.4, -0.2) is 39.8 Å². The molecule has 0 spiro atoms. The Morgan fingerprint density at radius 1 is 1.11 bits per heavy atom. The Kier molecular flexibility index (Phi) is 6.57. The van der Waals surface area contributed by atoms with E-state index in [2.05, 4.69) is 46.8 Å². The summed E-state index contributed by atoms with van der Waals surface area (Å²) in [6.45, 7) is 6.12. The summed E-state index contributed by atoms with van der Waals surface area (Å²) in [5, 5.41) is 6.31. The highest BCUT2D eigenvalue weighted by Gasteiger charge is 2.28. The molecule has 0 amide bonds. The van der Waals surface area contributed by atoms with Crippen molar-refractivity contribution in [1.29, 1.82) is 0 Å². The van der Waals surface area contributed by atoms with E-state index in [1.165, 1.54) is 9.87 Å². The standard InChI is InChI=1S/C21H28N4O2S/c1-3-22-21(24-16-18-10-8-17(2)9-11-18)23-13-15-28(26,27)25-14-12-19-6-4-5-7-20(19)25/h4-11H,3,12-16H2,1-2H3,(H2,22,23,24). The van der Waals surface area contributed by atoms with Crippen molar-refractivity contribution in [3.63, 3.8) is 0 Å². The van der Waals surface area contributed by atoms with Crippen LogP contribution in [0.1, 0.15) is 23.6 Å². The van der Waals surface area contributed by atoms with E-state index in [0.29, 0.717) is 32.1 Å². The number of sulfonamides is 1. The molecule has 7 heteroatoms. The molecule has 1 aliphatic heterocycles. The van der Waals surface area contributed by atoms with Crippen LogP contribution in [-0.2, 0) is 23.0 Å². The Bertz CT molecular complexity index is 924. The van der Waals surface area contributed by atoms with Gasteiger partial charge in [0.15, 0.2) is 5.96 Å². The molecule has 1 heterocycles. The van der Waals surface area contributed by atoms with Crippen molar-refractivity contribution < 1.29 is 8.42 Å². The largest absolute Gasteiger partial charge is 0.357 e. The van der Waals surface area contributed by atoms with Gasteiger partial charge in [-0.05, 0) is 37.5 Å². The van der Waals surface area contributed by atoms with Gasteiger partial charge in [0.25, 0.3) is 0 Å². The van der Waals surface area contributed by atoms with Gasteiger partial charge in [0.1, 0.15) is 0 Å². The van der Waals surface area contributed by atoms with E-state index in [9.17, 15) is 8.42 Å². The van der Waals surface area contributed by atoms with Gasteiger partial charge in [-0.25, -0.2) is 13.4 Å². The zero-order valence-electron chi connectivity index (χ0n) is 16.5. The van der Waals surface area contributed by atoms with E-state index in [0.717, 1.165) is 23.2 Å². The molecule has 0 unspecified atom stereocenters. The molecule has 0 fully saturated rings. The van der Waals surface area contributed by atoms with Crippen LogP contribution in [0.15, 0.2) is 53.5 Å². The van der Waals surface area contributed by atoms with Gasteiger partial charge < -0.3 is 10.6 Å². The van der Waals surface area contributed by atoms with Gasteiger partial charge in [-0.1, -0.05) is 48.0 Å². The molecule has 150 valence electrons. The van der Waals surface area contributed by atoms with E-state index in [1.54, 1.807) is 0 Å². The number of benzene rings is 2. The third-order valence-corrected chi connectivity index (χ3v) is 6.49. The van der Waals surface area contributed by atoms with Gasteiger partial charge in [0.2, 0.25) is 10.0 Å². The summed E-state index contributed by atoms with van der Waals surface area (Å²) in [6.07, 6.45) is 0.767. The fourth-order valence-electron chi connectivity index (χ4n) is 3.21. The molecule has 0 bridgehead atoms. The monoisotopic (exact) mass is 400 g/mol. The first-order valence-corrected chi connectivity index (χ1v) is 11.3. The topological polar surface area (TPSA) is 73.8 Å². The lowest BCUT2D eigenvalue weighted by Crippen LogP contribution is -2.42. The molecule has 0 radical (unpaired) electrons. The number of aryl methyl sites for hydroxylation is 1. The number of para-hydroxylation sites is 1. The number of aliphatic imine (C=N–C) groups is 1. The van der Waals surface area contributed by atoms with Crippen molar-refractivity contribution >= 4 is 21.7 Å². The van der Waals surface area contributed by atoms with Crippen LogP contribution in [0.4, 0.5) is 5.69 Å². The summed E-state index contributed by atoms with van der Waals surface area (Å²) in [5.74, 6) is 0.649. The molecule has 28 heavy (non-hydrogen) atoms. The molecule has 0 saturated carbocycles. The predicted molar refractivity (Wildman–Crippen MR) is 115 cm³/mol. The van der Waals surface area contributed by atoms with Crippen molar-refractivity contribution in [2.75, 3.05) is 29.7 Å². The fourth-order valence-corrected chi connectivity index (χ4v) is 4.64.